The number of aliphatic carboxylic acids is 1. The molecule has 6 heteroatoms. The minimum Gasteiger partial charge on any atom is -0.493 e. The fourth-order valence-corrected chi connectivity index (χ4v) is 2.85. The molecule has 2 aromatic rings. The Morgan fingerprint density at radius 3 is 2.74 bits per heavy atom. The number of carboxylic acid groups (broad SMARTS) is 1. The van der Waals surface area contributed by atoms with Gasteiger partial charge in [-0.3, -0.25) is 9.59 Å². The molecule has 0 aliphatic heterocycles. The van der Waals surface area contributed by atoms with Gasteiger partial charge in [0.15, 0.2) is 0 Å². The van der Waals surface area contributed by atoms with Gasteiger partial charge in [-0.1, -0.05) is 24.1 Å². The van der Waals surface area contributed by atoms with Crippen LogP contribution in [0.3, 0.4) is 0 Å². The maximum Gasteiger partial charge on any atom is 0.303 e. The van der Waals surface area contributed by atoms with Crippen LogP contribution in [-0.4, -0.2) is 40.5 Å². The zero-order chi connectivity index (χ0) is 23.8. The van der Waals surface area contributed by atoms with Gasteiger partial charge in [-0.25, -0.2) is 4.98 Å². The number of carbonyl (C=O) groups excluding carboxylic acids is 1. The lowest BCUT2D eigenvalue weighted by atomic mass is 10.1. The number of pyridine rings is 1. The predicted molar refractivity (Wildman–Crippen MR) is 118 cm³/mol. The highest BCUT2D eigenvalue weighted by atomic mass is 16.5. The average molecular weight is 423 g/mol. The number of carbonyl (C=O) groups is 2. The molecule has 1 N–H and O–H groups in total. The van der Waals surface area contributed by atoms with E-state index in [9.17, 15) is 9.59 Å². The third-order valence-corrected chi connectivity index (χ3v) is 4.76. The standard InChI is InChI=1S/C25H28N2O4/c1-27(25(30)20-13-15-22(26-17-20)14-12-19-10-11-19)18-21-7-4-5-8-23(21)31-16-6-2-3-9-24(28)29/h4-5,7-8,13,15,17,19H,2-3,6,9-11,16,18H2,1H3,(H,28,29)/i18D2. The smallest absolute Gasteiger partial charge is 0.303 e. The van der Waals surface area contributed by atoms with E-state index in [2.05, 4.69) is 16.8 Å². The van der Waals surface area contributed by atoms with Crippen LogP contribution >= 0.6 is 0 Å². The Hall–Kier alpha value is -3.33. The van der Waals surface area contributed by atoms with Gasteiger partial charge in [-0.15, -0.1) is 0 Å². The van der Waals surface area contributed by atoms with Crippen LogP contribution in [0.25, 0.3) is 0 Å². The number of benzene rings is 1. The molecule has 1 saturated carbocycles. The third-order valence-electron chi connectivity index (χ3n) is 4.76. The second kappa shape index (κ2) is 11.2. The van der Waals surface area contributed by atoms with Crippen LogP contribution in [0.15, 0.2) is 42.6 Å². The molecule has 1 aromatic carbocycles. The van der Waals surface area contributed by atoms with E-state index in [0.717, 1.165) is 17.7 Å². The number of unbranched alkanes of at least 4 members (excludes halogenated alkanes) is 2. The van der Waals surface area contributed by atoms with Gasteiger partial charge < -0.3 is 14.7 Å². The minimum atomic E-state index is -2.12. The van der Waals surface area contributed by atoms with Gasteiger partial charge in [0.2, 0.25) is 0 Å². The van der Waals surface area contributed by atoms with E-state index in [0.29, 0.717) is 43.2 Å². The lowest BCUT2D eigenvalue weighted by Gasteiger charge is -2.19. The van der Waals surface area contributed by atoms with Crippen molar-refractivity contribution in [1.29, 1.82) is 0 Å². The lowest BCUT2D eigenvalue weighted by Crippen LogP contribution is -2.26. The fourth-order valence-electron chi connectivity index (χ4n) is 2.85. The zero-order valence-electron chi connectivity index (χ0n) is 19.6. The Morgan fingerprint density at radius 2 is 2.03 bits per heavy atom. The van der Waals surface area contributed by atoms with Crippen LogP contribution in [0.2, 0.25) is 0 Å². The van der Waals surface area contributed by atoms with Crippen LogP contribution in [0.1, 0.15) is 62.9 Å². The summed E-state index contributed by atoms with van der Waals surface area (Å²) in [5, 5.41) is 8.70. The van der Waals surface area contributed by atoms with Crippen molar-refractivity contribution in [3.63, 3.8) is 0 Å². The Bertz CT molecular complexity index is 1040. The zero-order valence-corrected chi connectivity index (χ0v) is 17.6. The normalized spacial score (nSPS) is 14.0. The summed E-state index contributed by atoms with van der Waals surface area (Å²) < 4.78 is 23.0. The SMILES string of the molecule is [2H]C([2H])(c1ccccc1OCCCCCC(=O)O)N(C)C(=O)c1ccc(C#CC2CC2)nc1. The molecule has 0 bridgehead atoms. The molecule has 1 aliphatic carbocycles. The van der Waals surface area contributed by atoms with Gasteiger partial charge >= 0.3 is 5.97 Å². The van der Waals surface area contributed by atoms with Gasteiger partial charge in [0, 0.05) is 37.6 Å². The minimum absolute atomic E-state index is 0.120. The van der Waals surface area contributed by atoms with Crippen LogP contribution < -0.4 is 4.74 Å². The van der Waals surface area contributed by atoms with Gasteiger partial charge in [0.25, 0.3) is 5.91 Å². The van der Waals surface area contributed by atoms with E-state index >= 15 is 0 Å². The summed E-state index contributed by atoms with van der Waals surface area (Å²) >= 11 is 0. The van der Waals surface area contributed by atoms with Crippen molar-refractivity contribution < 1.29 is 22.2 Å². The van der Waals surface area contributed by atoms with E-state index in [-0.39, 0.29) is 17.5 Å². The van der Waals surface area contributed by atoms with Crippen LogP contribution in [-0.2, 0) is 11.3 Å². The number of para-hydroxylation sites is 1. The number of rotatable bonds is 10. The van der Waals surface area contributed by atoms with Crippen molar-refractivity contribution in [1.82, 2.24) is 9.88 Å². The summed E-state index contributed by atoms with van der Waals surface area (Å²) in [4.78, 5) is 28.8. The van der Waals surface area contributed by atoms with E-state index in [4.69, 9.17) is 12.6 Å². The van der Waals surface area contributed by atoms with Crippen molar-refractivity contribution >= 4 is 11.9 Å². The number of carboxylic acids is 1. The van der Waals surface area contributed by atoms with Crippen molar-refractivity contribution in [2.24, 2.45) is 5.92 Å². The number of hydrogen-bond donors (Lipinski definition) is 1. The molecule has 1 heterocycles. The molecular weight excluding hydrogens is 392 g/mol. The number of nitrogens with zero attached hydrogens (tertiary/aromatic N) is 2. The summed E-state index contributed by atoms with van der Waals surface area (Å²) in [6.07, 6.45) is 5.71. The maximum atomic E-state index is 13.0. The molecule has 162 valence electrons. The summed E-state index contributed by atoms with van der Waals surface area (Å²) in [7, 11) is 1.41. The monoisotopic (exact) mass is 422 g/mol. The Balaban J connectivity index is 1.65. The molecule has 0 atom stereocenters. The first kappa shape index (κ1) is 19.6. The first-order valence-corrected chi connectivity index (χ1v) is 10.5. The molecule has 0 spiro atoms. The van der Waals surface area contributed by atoms with Crippen molar-refractivity contribution in [3.8, 4) is 17.6 Å². The Labute approximate surface area is 186 Å². The second-order valence-corrected chi connectivity index (χ2v) is 7.50. The van der Waals surface area contributed by atoms with Crippen LogP contribution in [0, 0.1) is 17.8 Å². The van der Waals surface area contributed by atoms with Crippen molar-refractivity contribution in [2.45, 2.75) is 45.0 Å². The van der Waals surface area contributed by atoms with Crippen LogP contribution in [0.5, 0.6) is 5.75 Å². The quantitative estimate of drug-likeness (QED) is 0.460. The number of amides is 1. The molecule has 1 amide bonds. The highest BCUT2D eigenvalue weighted by Gasteiger charge is 2.18. The molecule has 0 saturated heterocycles. The lowest BCUT2D eigenvalue weighted by molar-refractivity contribution is -0.137. The summed E-state index contributed by atoms with van der Waals surface area (Å²) in [6, 6.07) is 9.98. The van der Waals surface area contributed by atoms with E-state index in [1.54, 1.807) is 36.4 Å². The van der Waals surface area contributed by atoms with Gasteiger partial charge in [-0.05, 0) is 56.2 Å². The van der Waals surface area contributed by atoms with Crippen molar-refractivity contribution in [3.05, 3.63) is 59.4 Å². The van der Waals surface area contributed by atoms with Gasteiger partial charge in [0.05, 0.1) is 14.9 Å². The molecule has 6 nitrogen and oxygen atoms in total. The first-order chi connectivity index (χ1) is 15.8. The van der Waals surface area contributed by atoms with E-state index in [1.807, 2.05) is 0 Å². The third kappa shape index (κ3) is 7.45. The van der Waals surface area contributed by atoms with Crippen LogP contribution in [0.4, 0.5) is 0 Å². The van der Waals surface area contributed by atoms with Gasteiger partial charge in [0.1, 0.15) is 11.4 Å². The molecular formula is C25H28N2O4. The Kier molecular flexibility index (Phi) is 7.07. The predicted octanol–water partition coefficient (Wildman–Crippen LogP) is 4.14. The number of hydrogen-bond acceptors (Lipinski definition) is 4. The number of ether oxygens (including phenoxy) is 1. The molecule has 3 rings (SSSR count). The van der Waals surface area contributed by atoms with E-state index < -0.39 is 18.4 Å². The maximum absolute atomic E-state index is 13.0. The summed E-state index contributed by atoms with van der Waals surface area (Å²) in [6.45, 7) is -1.79. The molecule has 1 fully saturated rings. The molecule has 31 heavy (non-hydrogen) atoms. The topological polar surface area (TPSA) is 79.7 Å². The second-order valence-electron chi connectivity index (χ2n) is 7.50. The number of aromatic nitrogens is 1. The molecule has 0 radical (unpaired) electrons. The first-order valence-electron chi connectivity index (χ1n) is 11.5. The highest BCUT2D eigenvalue weighted by Crippen LogP contribution is 2.27. The van der Waals surface area contributed by atoms with E-state index in [1.165, 1.54) is 13.2 Å². The Morgan fingerprint density at radius 1 is 1.23 bits per heavy atom. The highest BCUT2D eigenvalue weighted by molar-refractivity contribution is 5.93. The van der Waals surface area contributed by atoms with Crippen molar-refractivity contribution in [2.75, 3.05) is 13.7 Å². The largest absolute Gasteiger partial charge is 0.493 e. The molecule has 1 aromatic heterocycles. The fraction of sp³-hybridized carbons (Fsp3) is 0.400. The summed E-state index contributed by atoms with van der Waals surface area (Å²) in [5.74, 6) is 5.60. The summed E-state index contributed by atoms with van der Waals surface area (Å²) in [5.41, 5.74) is 1.10. The average Bonchev–Trinajstić information content (AvgIpc) is 3.64. The van der Waals surface area contributed by atoms with Gasteiger partial charge in [-0.2, -0.15) is 0 Å². The molecule has 0 unspecified atom stereocenters. The molecule has 1 aliphatic rings.